The summed E-state index contributed by atoms with van der Waals surface area (Å²) in [5.41, 5.74) is -0.225. The van der Waals surface area contributed by atoms with E-state index < -0.39 is 11.7 Å². The molecule has 0 aliphatic carbocycles. The smallest absolute Gasteiger partial charge is 0.309 e. The van der Waals surface area contributed by atoms with Crippen molar-refractivity contribution in [3.05, 3.63) is 35.4 Å². The molecule has 1 saturated heterocycles. The van der Waals surface area contributed by atoms with Gasteiger partial charge in [0.15, 0.2) is 0 Å². The average Bonchev–Trinajstić information content (AvgIpc) is 2.97. The number of alkyl halides is 3. The van der Waals surface area contributed by atoms with Gasteiger partial charge < -0.3 is 5.32 Å². The molecule has 0 spiro atoms. The van der Waals surface area contributed by atoms with Crippen molar-refractivity contribution in [1.29, 1.82) is 0 Å². The fourth-order valence-corrected chi connectivity index (χ4v) is 2.90. The molecule has 118 valence electrons. The van der Waals surface area contributed by atoms with Crippen molar-refractivity contribution in [3.63, 3.8) is 0 Å². The Morgan fingerprint density at radius 1 is 1.14 bits per heavy atom. The SMILES string of the molecule is CC(NCC(C)N1CCCC1)c1ccccc1C(F)(F)F. The van der Waals surface area contributed by atoms with E-state index in [2.05, 4.69) is 17.1 Å². The highest BCUT2D eigenvalue weighted by Gasteiger charge is 2.34. The molecule has 1 fully saturated rings. The highest BCUT2D eigenvalue weighted by Crippen LogP contribution is 2.34. The zero-order valence-corrected chi connectivity index (χ0v) is 12.6. The summed E-state index contributed by atoms with van der Waals surface area (Å²) in [6.45, 7) is 6.81. The molecule has 0 radical (unpaired) electrons. The van der Waals surface area contributed by atoms with Gasteiger partial charge in [-0.15, -0.1) is 0 Å². The van der Waals surface area contributed by atoms with Gasteiger partial charge in [0.25, 0.3) is 0 Å². The molecule has 21 heavy (non-hydrogen) atoms. The average molecular weight is 300 g/mol. The number of nitrogens with one attached hydrogen (secondary N) is 1. The van der Waals surface area contributed by atoms with Gasteiger partial charge in [0, 0.05) is 18.6 Å². The fraction of sp³-hybridized carbons (Fsp3) is 0.625. The van der Waals surface area contributed by atoms with Crippen LogP contribution in [0.5, 0.6) is 0 Å². The van der Waals surface area contributed by atoms with Crippen LogP contribution < -0.4 is 5.32 Å². The highest BCUT2D eigenvalue weighted by molar-refractivity contribution is 5.32. The van der Waals surface area contributed by atoms with Crippen molar-refractivity contribution in [2.24, 2.45) is 0 Å². The topological polar surface area (TPSA) is 15.3 Å². The van der Waals surface area contributed by atoms with Crippen LogP contribution in [-0.4, -0.2) is 30.6 Å². The summed E-state index contributed by atoms with van der Waals surface area (Å²) in [6.07, 6.45) is -1.86. The van der Waals surface area contributed by atoms with Crippen LogP contribution in [0.2, 0.25) is 0 Å². The summed E-state index contributed by atoms with van der Waals surface area (Å²) in [5, 5.41) is 3.25. The van der Waals surface area contributed by atoms with Crippen molar-refractivity contribution in [1.82, 2.24) is 10.2 Å². The third-order valence-corrected chi connectivity index (χ3v) is 4.22. The van der Waals surface area contributed by atoms with Crippen molar-refractivity contribution in [2.45, 2.75) is 44.9 Å². The van der Waals surface area contributed by atoms with Gasteiger partial charge in [-0.3, -0.25) is 4.90 Å². The van der Waals surface area contributed by atoms with E-state index in [-0.39, 0.29) is 6.04 Å². The van der Waals surface area contributed by atoms with E-state index in [0.29, 0.717) is 18.2 Å². The highest BCUT2D eigenvalue weighted by atomic mass is 19.4. The van der Waals surface area contributed by atoms with Crippen LogP contribution in [0.25, 0.3) is 0 Å². The Morgan fingerprint density at radius 2 is 1.76 bits per heavy atom. The fourth-order valence-electron chi connectivity index (χ4n) is 2.90. The molecule has 1 aromatic rings. The van der Waals surface area contributed by atoms with Crippen LogP contribution in [0.1, 0.15) is 43.9 Å². The molecule has 2 rings (SSSR count). The lowest BCUT2D eigenvalue weighted by Crippen LogP contribution is -2.39. The van der Waals surface area contributed by atoms with Crippen LogP contribution in [0, 0.1) is 0 Å². The van der Waals surface area contributed by atoms with Crippen LogP contribution in [0.3, 0.4) is 0 Å². The predicted octanol–water partition coefficient (Wildman–Crippen LogP) is 3.84. The lowest BCUT2D eigenvalue weighted by atomic mass is 10.0. The zero-order valence-electron chi connectivity index (χ0n) is 12.6. The Morgan fingerprint density at radius 3 is 2.38 bits per heavy atom. The third kappa shape index (κ3) is 4.20. The molecule has 2 nitrogen and oxygen atoms in total. The Kier molecular flexibility index (Phi) is 5.27. The van der Waals surface area contributed by atoms with E-state index in [1.165, 1.54) is 18.9 Å². The summed E-state index contributed by atoms with van der Waals surface area (Å²) in [5.74, 6) is 0. The molecule has 5 heteroatoms. The second-order valence-corrected chi connectivity index (χ2v) is 5.81. The molecular weight excluding hydrogens is 277 g/mol. The number of benzene rings is 1. The number of halogens is 3. The number of likely N-dealkylation sites (tertiary alicyclic amines) is 1. The van der Waals surface area contributed by atoms with Gasteiger partial charge in [-0.2, -0.15) is 13.2 Å². The summed E-state index contributed by atoms with van der Waals surface area (Å²) in [4.78, 5) is 2.38. The molecule has 0 saturated carbocycles. The van der Waals surface area contributed by atoms with Gasteiger partial charge in [-0.05, 0) is 51.4 Å². The number of rotatable bonds is 5. The van der Waals surface area contributed by atoms with E-state index in [1.54, 1.807) is 19.1 Å². The second kappa shape index (κ2) is 6.79. The Balaban J connectivity index is 1.98. The quantitative estimate of drug-likeness (QED) is 0.889. The van der Waals surface area contributed by atoms with Gasteiger partial charge >= 0.3 is 6.18 Å². The van der Waals surface area contributed by atoms with E-state index >= 15 is 0 Å². The van der Waals surface area contributed by atoms with Crippen molar-refractivity contribution < 1.29 is 13.2 Å². The van der Waals surface area contributed by atoms with Gasteiger partial charge in [-0.25, -0.2) is 0 Å². The maximum atomic E-state index is 13.0. The van der Waals surface area contributed by atoms with Crippen LogP contribution in [-0.2, 0) is 6.18 Å². The first-order valence-corrected chi connectivity index (χ1v) is 7.53. The molecule has 1 aliphatic rings. The second-order valence-electron chi connectivity index (χ2n) is 5.81. The van der Waals surface area contributed by atoms with E-state index in [4.69, 9.17) is 0 Å². The molecule has 0 bridgehead atoms. The molecule has 2 unspecified atom stereocenters. The van der Waals surface area contributed by atoms with Gasteiger partial charge in [0.1, 0.15) is 0 Å². The third-order valence-electron chi connectivity index (χ3n) is 4.22. The minimum absolute atomic E-state index is 0.312. The van der Waals surface area contributed by atoms with Gasteiger partial charge in [-0.1, -0.05) is 18.2 Å². The monoisotopic (exact) mass is 300 g/mol. The van der Waals surface area contributed by atoms with Crippen molar-refractivity contribution in [3.8, 4) is 0 Å². The minimum atomic E-state index is -4.30. The number of hydrogen-bond acceptors (Lipinski definition) is 2. The summed E-state index contributed by atoms with van der Waals surface area (Å²) in [6, 6.07) is 5.85. The minimum Gasteiger partial charge on any atom is -0.309 e. The Hall–Kier alpha value is -1.07. The van der Waals surface area contributed by atoms with E-state index in [0.717, 1.165) is 19.2 Å². The standard InChI is InChI=1S/C16H23F3N2/c1-12(21-9-5-6-10-21)11-20-13(2)14-7-3-4-8-15(14)16(17,18)19/h3-4,7-8,12-13,20H,5-6,9-11H2,1-2H3. The van der Waals surface area contributed by atoms with E-state index in [1.807, 2.05) is 0 Å². The molecule has 1 aromatic carbocycles. The lowest BCUT2D eigenvalue weighted by molar-refractivity contribution is -0.138. The normalized spacial score (nSPS) is 19.7. The Bertz CT molecular complexity index is 453. The molecule has 2 atom stereocenters. The van der Waals surface area contributed by atoms with Gasteiger partial charge in [0.05, 0.1) is 5.56 Å². The first kappa shape index (κ1) is 16.3. The summed E-state index contributed by atoms with van der Waals surface area (Å²) < 4.78 is 39.1. The van der Waals surface area contributed by atoms with Crippen LogP contribution in [0.4, 0.5) is 13.2 Å². The van der Waals surface area contributed by atoms with Crippen LogP contribution >= 0.6 is 0 Å². The lowest BCUT2D eigenvalue weighted by Gasteiger charge is -2.26. The van der Waals surface area contributed by atoms with Gasteiger partial charge in [0.2, 0.25) is 0 Å². The zero-order chi connectivity index (χ0) is 15.5. The number of hydrogen-bond donors (Lipinski definition) is 1. The largest absolute Gasteiger partial charge is 0.416 e. The van der Waals surface area contributed by atoms with Crippen molar-refractivity contribution in [2.75, 3.05) is 19.6 Å². The molecule has 1 aliphatic heterocycles. The summed E-state index contributed by atoms with van der Waals surface area (Å²) >= 11 is 0. The molecule has 1 heterocycles. The maximum absolute atomic E-state index is 13.0. The maximum Gasteiger partial charge on any atom is 0.416 e. The first-order valence-electron chi connectivity index (χ1n) is 7.53. The van der Waals surface area contributed by atoms with Crippen LogP contribution in [0.15, 0.2) is 24.3 Å². The molecule has 1 N–H and O–H groups in total. The van der Waals surface area contributed by atoms with Crippen molar-refractivity contribution >= 4 is 0 Å². The Labute approximate surface area is 124 Å². The first-order chi connectivity index (χ1) is 9.89. The molecule has 0 aromatic heterocycles. The number of nitrogens with zero attached hydrogens (tertiary/aromatic N) is 1. The van der Waals surface area contributed by atoms with E-state index in [9.17, 15) is 13.2 Å². The predicted molar refractivity (Wildman–Crippen MR) is 78.1 cm³/mol. The molecule has 0 amide bonds. The molecular formula is C16H23F3N2. The summed E-state index contributed by atoms with van der Waals surface area (Å²) in [7, 11) is 0.